The van der Waals surface area contributed by atoms with Gasteiger partial charge in [0.25, 0.3) is 0 Å². The van der Waals surface area contributed by atoms with Crippen LogP contribution < -0.4 is 5.73 Å². The molecule has 1 heterocycles. The Hall–Kier alpha value is -0.240. The van der Waals surface area contributed by atoms with Crippen LogP contribution in [0.3, 0.4) is 0 Å². The minimum absolute atomic E-state index is 0.384. The van der Waals surface area contributed by atoms with E-state index in [-0.39, 0.29) is 6.61 Å². The summed E-state index contributed by atoms with van der Waals surface area (Å²) in [6.45, 7) is -0.384. The van der Waals surface area contributed by atoms with Gasteiger partial charge < -0.3 is 30.5 Å². The van der Waals surface area contributed by atoms with Crippen LogP contribution in [0.2, 0.25) is 0 Å². The van der Waals surface area contributed by atoms with Gasteiger partial charge >= 0.3 is 0 Å². The maximum Gasteiger partial charge on any atom is 0.175 e. The van der Waals surface area contributed by atoms with E-state index in [4.69, 9.17) is 20.3 Å². The first-order chi connectivity index (χ1) is 6.11. The normalized spacial score (nSPS) is 46.4. The van der Waals surface area contributed by atoms with Crippen LogP contribution in [0, 0.1) is 0 Å². The second kappa shape index (κ2) is 4.32. The van der Waals surface area contributed by atoms with Crippen molar-refractivity contribution in [3.63, 3.8) is 0 Å². The molecule has 6 nitrogen and oxygen atoms in total. The molecule has 1 rings (SSSR count). The molecule has 0 aromatic carbocycles. The first-order valence-corrected chi connectivity index (χ1v) is 4.02. The van der Waals surface area contributed by atoms with Gasteiger partial charge in [0.05, 0.1) is 12.6 Å². The summed E-state index contributed by atoms with van der Waals surface area (Å²) < 4.78 is 9.90. The van der Waals surface area contributed by atoms with E-state index in [0.29, 0.717) is 0 Å². The first kappa shape index (κ1) is 10.8. The molecule has 0 aliphatic carbocycles. The molecule has 0 aromatic rings. The van der Waals surface area contributed by atoms with Crippen LogP contribution in [-0.2, 0) is 9.47 Å². The number of nitrogens with two attached hydrogens (primary N) is 1. The third-order valence-electron chi connectivity index (χ3n) is 2.16. The van der Waals surface area contributed by atoms with Crippen molar-refractivity contribution in [2.75, 3.05) is 13.7 Å². The molecule has 5 N–H and O–H groups in total. The second-order valence-electron chi connectivity index (χ2n) is 3.02. The van der Waals surface area contributed by atoms with Crippen LogP contribution in [0.4, 0.5) is 0 Å². The number of rotatable bonds is 2. The minimum atomic E-state index is -1.17. The summed E-state index contributed by atoms with van der Waals surface area (Å²) in [5.41, 5.74) is 5.50. The minimum Gasteiger partial charge on any atom is -0.394 e. The molecular weight excluding hydrogens is 178 g/mol. The van der Waals surface area contributed by atoms with Gasteiger partial charge in [0.15, 0.2) is 6.29 Å². The van der Waals surface area contributed by atoms with Crippen LogP contribution in [0.25, 0.3) is 0 Å². The molecule has 1 aliphatic heterocycles. The van der Waals surface area contributed by atoms with E-state index in [0.717, 1.165) is 0 Å². The van der Waals surface area contributed by atoms with Gasteiger partial charge in [-0.2, -0.15) is 0 Å². The zero-order valence-electron chi connectivity index (χ0n) is 7.33. The smallest absolute Gasteiger partial charge is 0.175 e. The van der Waals surface area contributed by atoms with Crippen LogP contribution in [0.15, 0.2) is 0 Å². The lowest BCUT2D eigenvalue weighted by atomic mass is 9.98. The third-order valence-corrected chi connectivity index (χ3v) is 2.16. The molecule has 0 amide bonds. The van der Waals surface area contributed by atoms with Gasteiger partial charge in [-0.25, -0.2) is 0 Å². The number of methoxy groups -OCH3 is 1. The molecule has 6 heteroatoms. The molecule has 1 fully saturated rings. The van der Waals surface area contributed by atoms with E-state index in [9.17, 15) is 10.2 Å². The summed E-state index contributed by atoms with van der Waals surface area (Å²) in [7, 11) is 1.38. The van der Waals surface area contributed by atoms with Gasteiger partial charge in [-0.1, -0.05) is 0 Å². The molecule has 0 bridgehead atoms. The molecule has 0 saturated carbocycles. The van der Waals surface area contributed by atoms with E-state index < -0.39 is 30.6 Å². The highest BCUT2D eigenvalue weighted by Gasteiger charge is 2.42. The van der Waals surface area contributed by atoms with Gasteiger partial charge in [0.1, 0.15) is 18.3 Å². The van der Waals surface area contributed by atoms with Crippen LogP contribution >= 0.6 is 0 Å². The number of ether oxygens (including phenoxy) is 2. The fraction of sp³-hybridized carbons (Fsp3) is 1.00. The monoisotopic (exact) mass is 193 g/mol. The fourth-order valence-electron chi connectivity index (χ4n) is 1.32. The summed E-state index contributed by atoms with van der Waals surface area (Å²) in [5.74, 6) is 0. The molecule has 5 atom stereocenters. The van der Waals surface area contributed by atoms with Gasteiger partial charge in [-0.3, -0.25) is 0 Å². The predicted octanol–water partition coefficient (Wildman–Crippen LogP) is -2.60. The van der Waals surface area contributed by atoms with Gasteiger partial charge in [-0.15, -0.1) is 0 Å². The zero-order chi connectivity index (χ0) is 10.0. The molecule has 0 aromatic heterocycles. The Balaban J connectivity index is 2.66. The number of aliphatic hydroxyl groups excluding tert-OH is 3. The van der Waals surface area contributed by atoms with Gasteiger partial charge in [0, 0.05) is 7.11 Å². The molecule has 2 unspecified atom stereocenters. The maximum atomic E-state index is 9.40. The van der Waals surface area contributed by atoms with Crippen molar-refractivity contribution in [3.05, 3.63) is 0 Å². The van der Waals surface area contributed by atoms with E-state index in [1.165, 1.54) is 7.11 Å². The van der Waals surface area contributed by atoms with Gasteiger partial charge in [-0.05, 0) is 0 Å². The summed E-state index contributed by atoms with van der Waals surface area (Å²) >= 11 is 0. The lowest BCUT2D eigenvalue weighted by Gasteiger charge is -2.39. The number of aliphatic hydroxyl groups is 3. The van der Waals surface area contributed by atoms with Crippen LogP contribution in [-0.4, -0.2) is 59.7 Å². The quantitative estimate of drug-likeness (QED) is 0.383. The first-order valence-electron chi connectivity index (χ1n) is 4.02. The summed E-state index contributed by atoms with van der Waals surface area (Å²) in [6, 6.07) is -0.803. The molecule has 0 radical (unpaired) electrons. The van der Waals surface area contributed by atoms with Crippen molar-refractivity contribution in [1.82, 2.24) is 0 Å². The van der Waals surface area contributed by atoms with E-state index >= 15 is 0 Å². The Labute approximate surface area is 75.9 Å². The Morgan fingerprint density at radius 3 is 2.46 bits per heavy atom. The molecule has 78 valence electrons. The average molecular weight is 193 g/mol. The molecule has 13 heavy (non-hydrogen) atoms. The second-order valence-corrected chi connectivity index (χ2v) is 3.02. The Morgan fingerprint density at radius 2 is 2.00 bits per heavy atom. The third kappa shape index (κ3) is 1.98. The average Bonchev–Trinajstić information content (AvgIpc) is 2.15. The van der Waals surface area contributed by atoms with Crippen LogP contribution in [0.5, 0.6) is 0 Å². The zero-order valence-corrected chi connectivity index (χ0v) is 7.33. The molecule has 1 saturated heterocycles. The van der Waals surface area contributed by atoms with Gasteiger partial charge in [0.2, 0.25) is 0 Å². The van der Waals surface area contributed by atoms with Crippen molar-refractivity contribution in [1.29, 1.82) is 0 Å². The van der Waals surface area contributed by atoms with E-state index in [1.54, 1.807) is 0 Å². The largest absolute Gasteiger partial charge is 0.394 e. The Morgan fingerprint density at radius 1 is 1.38 bits per heavy atom. The number of hydrogen-bond acceptors (Lipinski definition) is 6. The lowest BCUT2D eigenvalue weighted by molar-refractivity contribution is -0.257. The molecule has 1 aliphatic rings. The lowest BCUT2D eigenvalue weighted by Crippen LogP contribution is -2.62. The highest BCUT2D eigenvalue weighted by Crippen LogP contribution is 2.19. The van der Waals surface area contributed by atoms with Crippen molar-refractivity contribution in [3.8, 4) is 0 Å². The highest BCUT2D eigenvalue weighted by molar-refractivity contribution is 4.91. The Bertz CT molecular complexity index is 147. The van der Waals surface area contributed by atoms with Crippen molar-refractivity contribution < 1.29 is 24.8 Å². The van der Waals surface area contributed by atoms with Crippen LogP contribution in [0.1, 0.15) is 0 Å². The maximum absolute atomic E-state index is 9.40. The highest BCUT2D eigenvalue weighted by atomic mass is 16.7. The van der Waals surface area contributed by atoms with E-state index in [1.807, 2.05) is 0 Å². The Kier molecular flexibility index (Phi) is 3.60. The predicted molar refractivity (Wildman–Crippen MR) is 42.7 cm³/mol. The summed E-state index contributed by atoms with van der Waals surface area (Å²) in [5, 5.41) is 27.5. The number of hydrogen-bond donors (Lipinski definition) is 4. The van der Waals surface area contributed by atoms with Crippen molar-refractivity contribution >= 4 is 0 Å². The van der Waals surface area contributed by atoms with E-state index in [2.05, 4.69) is 0 Å². The SMILES string of the molecule is CO[C@@H]1OC(CO)[C@@H](O)C(O)[C@@H]1N. The standard InChI is InChI=1S/C7H15NO5/c1-12-7-4(8)6(11)5(10)3(2-9)13-7/h3-7,9-11H,2,8H2,1H3/t3?,4-,5+,6?,7+/m0/s1. The molecular formula is C7H15NO5. The topological polar surface area (TPSA) is 105 Å². The molecule has 0 spiro atoms. The summed E-state index contributed by atoms with van der Waals surface area (Å²) in [4.78, 5) is 0. The van der Waals surface area contributed by atoms with Crippen molar-refractivity contribution in [2.24, 2.45) is 5.73 Å². The fourth-order valence-corrected chi connectivity index (χ4v) is 1.32. The summed E-state index contributed by atoms with van der Waals surface area (Å²) in [6.07, 6.45) is -3.96. The van der Waals surface area contributed by atoms with Crippen molar-refractivity contribution in [2.45, 2.75) is 30.6 Å².